The Morgan fingerprint density at radius 1 is 1.17 bits per heavy atom. The zero-order valence-electron chi connectivity index (χ0n) is 19.0. The van der Waals surface area contributed by atoms with Crippen molar-refractivity contribution in [2.45, 2.75) is 65.3 Å². The van der Waals surface area contributed by atoms with E-state index in [1.807, 2.05) is 53.4 Å². The van der Waals surface area contributed by atoms with Crippen molar-refractivity contribution in [2.75, 3.05) is 31.1 Å². The highest BCUT2D eigenvalue weighted by atomic mass is 16.7. The first-order valence-electron chi connectivity index (χ1n) is 10.3. The molecule has 2 saturated heterocycles. The average molecular weight is 414 g/mol. The quantitative estimate of drug-likeness (QED) is 0.687. The normalized spacial score (nSPS) is 20.8. The standard InChI is InChI=1S/C21H31BN4O4/c1-19(2,3)28-18(27)26-10-8-25(9-11-26)17-15(13-23)12-16(14-24-17)22-29-20(4,5)21(6,7)30-22/h12,14H,8-11H2,1-7H3. The lowest BCUT2D eigenvalue weighted by molar-refractivity contribution is 0.00578. The van der Waals surface area contributed by atoms with Crippen LogP contribution < -0.4 is 10.4 Å². The van der Waals surface area contributed by atoms with Crippen LogP contribution in [0.2, 0.25) is 0 Å². The summed E-state index contributed by atoms with van der Waals surface area (Å²) in [5.74, 6) is 0.613. The lowest BCUT2D eigenvalue weighted by atomic mass is 9.79. The van der Waals surface area contributed by atoms with E-state index in [2.05, 4.69) is 11.1 Å². The zero-order valence-corrected chi connectivity index (χ0v) is 19.0. The van der Waals surface area contributed by atoms with E-state index in [1.165, 1.54) is 0 Å². The minimum Gasteiger partial charge on any atom is -0.444 e. The molecule has 8 nitrogen and oxygen atoms in total. The van der Waals surface area contributed by atoms with E-state index in [4.69, 9.17) is 14.0 Å². The van der Waals surface area contributed by atoms with Crippen LogP contribution in [0.25, 0.3) is 0 Å². The van der Waals surface area contributed by atoms with Crippen molar-refractivity contribution in [3.63, 3.8) is 0 Å². The predicted octanol–water partition coefficient (Wildman–Crippen LogP) is 2.31. The summed E-state index contributed by atoms with van der Waals surface area (Å²) in [4.78, 5) is 20.5. The molecule has 3 heterocycles. The Kier molecular flexibility index (Phi) is 5.78. The summed E-state index contributed by atoms with van der Waals surface area (Å²) in [5.41, 5.74) is -0.246. The highest BCUT2D eigenvalue weighted by molar-refractivity contribution is 6.62. The molecule has 0 bridgehead atoms. The van der Waals surface area contributed by atoms with Crippen LogP contribution in [0.4, 0.5) is 10.6 Å². The number of carbonyl (C=O) groups excluding carboxylic acids is 1. The number of carbonyl (C=O) groups is 1. The molecule has 0 spiro atoms. The third-order valence-corrected chi connectivity index (χ3v) is 5.76. The van der Waals surface area contributed by atoms with Crippen molar-refractivity contribution in [3.05, 3.63) is 17.8 Å². The van der Waals surface area contributed by atoms with Gasteiger partial charge in [-0.25, -0.2) is 9.78 Å². The number of aromatic nitrogens is 1. The number of ether oxygens (including phenoxy) is 1. The maximum Gasteiger partial charge on any atom is 0.496 e. The smallest absolute Gasteiger partial charge is 0.444 e. The maximum atomic E-state index is 12.3. The van der Waals surface area contributed by atoms with Gasteiger partial charge in [-0.1, -0.05) is 0 Å². The van der Waals surface area contributed by atoms with Gasteiger partial charge in [0.1, 0.15) is 17.5 Å². The van der Waals surface area contributed by atoms with Gasteiger partial charge in [-0.2, -0.15) is 5.26 Å². The zero-order chi connectivity index (χ0) is 22.3. The largest absolute Gasteiger partial charge is 0.496 e. The predicted molar refractivity (Wildman–Crippen MR) is 115 cm³/mol. The number of pyridine rings is 1. The second kappa shape index (κ2) is 7.75. The third kappa shape index (κ3) is 4.55. The van der Waals surface area contributed by atoms with E-state index in [1.54, 1.807) is 17.2 Å². The molecule has 2 fully saturated rings. The number of nitrogens with zero attached hydrogens (tertiary/aromatic N) is 4. The molecule has 0 aliphatic carbocycles. The molecule has 0 aromatic carbocycles. The van der Waals surface area contributed by atoms with E-state index in [0.29, 0.717) is 37.6 Å². The molecule has 0 radical (unpaired) electrons. The number of amides is 1. The van der Waals surface area contributed by atoms with Crippen molar-refractivity contribution >= 4 is 24.5 Å². The topological polar surface area (TPSA) is 87.9 Å². The maximum absolute atomic E-state index is 12.3. The molecular formula is C21H31BN4O4. The van der Waals surface area contributed by atoms with Gasteiger partial charge in [-0.05, 0) is 54.5 Å². The number of hydrogen-bond acceptors (Lipinski definition) is 7. The fourth-order valence-corrected chi connectivity index (χ4v) is 3.34. The van der Waals surface area contributed by atoms with Crippen molar-refractivity contribution in [2.24, 2.45) is 0 Å². The SMILES string of the molecule is CC(C)(C)OC(=O)N1CCN(c2ncc(B3OC(C)(C)C(C)(C)O3)cc2C#N)CC1. The molecule has 3 rings (SSSR count). The monoisotopic (exact) mass is 414 g/mol. The fourth-order valence-electron chi connectivity index (χ4n) is 3.34. The third-order valence-electron chi connectivity index (χ3n) is 5.76. The van der Waals surface area contributed by atoms with Gasteiger partial charge >= 0.3 is 13.2 Å². The molecule has 1 amide bonds. The highest BCUT2D eigenvalue weighted by Crippen LogP contribution is 2.36. The summed E-state index contributed by atoms with van der Waals surface area (Å²) in [6, 6.07) is 4.03. The van der Waals surface area contributed by atoms with Crippen LogP contribution in [0.3, 0.4) is 0 Å². The van der Waals surface area contributed by atoms with Gasteiger partial charge in [-0.15, -0.1) is 0 Å². The molecule has 0 saturated carbocycles. The summed E-state index contributed by atoms with van der Waals surface area (Å²) >= 11 is 0. The van der Waals surface area contributed by atoms with E-state index >= 15 is 0 Å². The van der Waals surface area contributed by atoms with E-state index in [9.17, 15) is 10.1 Å². The van der Waals surface area contributed by atoms with Crippen LogP contribution in [0.5, 0.6) is 0 Å². The summed E-state index contributed by atoms with van der Waals surface area (Å²) in [7, 11) is -0.562. The number of nitriles is 1. The molecule has 0 unspecified atom stereocenters. The first-order chi connectivity index (χ1) is 13.8. The molecule has 1 aromatic rings. The summed E-state index contributed by atoms with van der Waals surface area (Å²) in [5, 5.41) is 9.71. The van der Waals surface area contributed by atoms with Gasteiger partial charge in [0.05, 0.1) is 16.8 Å². The lowest BCUT2D eigenvalue weighted by Crippen LogP contribution is -2.50. The number of piperazine rings is 1. The van der Waals surface area contributed by atoms with Crippen LogP contribution in [0.15, 0.2) is 12.3 Å². The van der Waals surface area contributed by atoms with Gasteiger partial charge in [0.15, 0.2) is 0 Å². The molecule has 162 valence electrons. The molecule has 2 aliphatic rings. The Labute approximate surface area is 179 Å². The molecule has 9 heteroatoms. The van der Waals surface area contributed by atoms with Crippen LogP contribution in [-0.2, 0) is 14.0 Å². The van der Waals surface area contributed by atoms with E-state index in [0.717, 1.165) is 5.46 Å². The van der Waals surface area contributed by atoms with Crippen molar-refractivity contribution in [1.82, 2.24) is 9.88 Å². The molecule has 2 aliphatic heterocycles. The number of hydrogen-bond donors (Lipinski definition) is 0. The number of anilines is 1. The molecule has 0 atom stereocenters. The second-order valence-electron chi connectivity index (χ2n) is 9.79. The molecule has 0 N–H and O–H groups in total. The highest BCUT2D eigenvalue weighted by Gasteiger charge is 2.52. The van der Waals surface area contributed by atoms with E-state index in [-0.39, 0.29) is 6.09 Å². The Hall–Kier alpha value is -2.31. The van der Waals surface area contributed by atoms with Crippen molar-refractivity contribution in [3.8, 4) is 6.07 Å². The Bertz CT molecular complexity index is 836. The van der Waals surface area contributed by atoms with Crippen LogP contribution in [0.1, 0.15) is 54.0 Å². The van der Waals surface area contributed by atoms with Gasteiger partial charge in [0.25, 0.3) is 0 Å². The first-order valence-corrected chi connectivity index (χ1v) is 10.3. The molecule has 30 heavy (non-hydrogen) atoms. The summed E-state index contributed by atoms with van der Waals surface area (Å²) in [6.45, 7) is 15.7. The van der Waals surface area contributed by atoms with Crippen LogP contribution in [0, 0.1) is 11.3 Å². The average Bonchev–Trinajstić information content (AvgIpc) is 2.87. The second-order valence-corrected chi connectivity index (χ2v) is 9.79. The number of rotatable bonds is 2. The minimum absolute atomic E-state index is 0.313. The van der Waals surface area contributed by atoms with Crippen LogP contribution >= 0.6 is 0 Å². The van der Waals surface area contributed by atoms with Gasteiger partial charge < -0.3 is 23.8 Å². The summed E-state index contributed by atoms with van der Waals surface area (Å²) < 4.78 is 17.6. The van der Waals surface area contributed by atoms with Gasteiger partial charge in [-0.3, -0.25) is 0 Å². The Morgan fingerprint density at radius 3 is 2.23 bits per heavy atom. The summed E-state index contributed by atoms with van der Waals surface area (Å²) in [6.07, 6.45) is 1.39. The Balaban J connectivity index is 1.70. The Morgan fingerprint density at radius 2 is 1.73 bits per heavy atom. The fraction of sp³-hybridized carbons (Fsp3) is 0.667. The van der Waals surface area contributed by atoms with Gasteiger partial charge in [0, 0.05) is 37.8 Å². The van der Waals surface area contributed by atoms with Crippen LogP contribution in [-0.4, -0.2) is 66.1 Å². The van der Waals surface area contributed by atoms with Crippen molar-refractivity contribution < 1.29 is 18.8 Å². The lowest BCUT2D eigenvalue weighted by Gasteiger charge is -2.36. The van der Waals surface area contributed by atoms with E-state index < -0.39 is 23.9 Å². The van der Waals surface area contributed by atoms with Gasteiger partial charge in [0.2, 0.25) is 0 Å². The molecule has 1 aromatic heterocycles. The van der Waals surface area contributed by atoms with Crippen molar-refractivity contribution in [1.29, 1.82) is 5.26 Å². The molecular weight excluding hydrogens is 383 g/mol. The first kappa shape index (κ1) is 22.4. The minimum atomic E-state index is -0.562.